The lowest BCUT2D eigenvalue weighted by molar-refractivity contribution is 0.416. The van der Waals surface area contributed by atoms with Crippen LogP contribution in [0.2, 0.25) is 0 Å². The third-order valence-electron chi connectivity index (χ3n) is 2.71. The molecule has 6 heteroatoms. The van der Waals surface area contributed by atoms with E-state index >= 15 is 0 Å². The van der Waals surface area contributed by atoms with E-state index in [0.717, 1.165) is 22.6 Å². The minimum Gasteiger partial charge on any atom is -0.495 e. The van der Waals surface area contributed by atoms with Crippen LogP contribution in [-0.2, 0) is 0 Å². The van der Waals surface area contributed by atoms with Crippen LogP contribution >= 0.6 is 0 Å². The minimum atomic E-state index is 0.361. The van der Waals surface area contributed by atoms with E-state index in [1.165, 1.54) is 0 Å². The molecule has 0 aliphatic carbocycles. The Morgan fingerprint density at radius 1 is 1.26 bits per heavy atom. The maximum Gasteiger partial charge on any atom is 0.239 e. The average Bonchev–Trinajstić information content (AvgIpc) is 2.41. The SMILES string of the molecule is COc1ccc(C)cc1Nc1nc(NN)ncc1C. The van der Waals surface area contributed by atoms with Crippen molar-refractivity contribution in [3.63, 3.8) is 0 Å². The van der Waals surface area contributed by atoms with Gasteiger partial charge >= 0.3 is 0 Å². The highest BCUT2D eigenvalue weighted by Gasteiger charge is 2.07. The number of benzene rings is 1. The summed E-state index contributed by atoms with van der Waals surface area (Å²) in [7, 11) is 1.63. The summed E-state index contributed by atoms with van der Waals surface area (Å²) in [6.07, 6.45) is 1.70. The molecule has 0 bridgehead atoms. The molecule has 4 N–H and O–H groups in total. The van der Waals surface area contributed by atoms with Crippen molar-refractivity contribution in [3.8, 4) is 5.75 Å². The molecule has 0 radical (unpaired) electrons. The molecule has 0 saturated carbocycles. The number of ether oxygens (including phenoxy) is 1. The molecule has 2 aromatic rings. The van der Waals surface area contributed by atoms with Gasteiger partial charge in [-0.15, -0.1) is 0 Å². The van der Waals surface area contributed by atoms with Gasteiger partial charge in [0.2, 0.25) is 5.95 Å². The smallest absolute Gasteiger partial charge is 0.239 e. The molecule has 0 aliphatic rings. The zero-order valence-corrected chi connectivity index (χ0v) is 11.2. The molecule has 0 aliphatic heterocycles. The van der Waals surface area contributed by atoms with Gasteiger partial charge in [-0.05, 0) is 31.5 Å². The fourth-order valence-corrected chi connectivity index (χ4v) is 1.69. The highest BCUT2D eigenvalue weighted by molar-refractivity contribution is 5.67. The first-order valence-corrected chi connectivity index (χ1v) is 5.86. The molecule has 1 aromatic carbocycles. The molecule has 19 heavy (non-hydrogen) atoms. The first-order chi connectivity index (χ1) is 9.13. The van der Waals surface area contributed by atoms with Crippen molar-refractivity contribution in [2.75, 3.05) is 17.9 Å². The van der Waals surface area contributed by atoms with E-state index in [-0.39, 0.29) is 0 Å². The summed E-state index contributed by atoms with van der Waals surface area (Å²) in [5.74, 6) is 7.12. The summed E-state index contributed by atoms with van der Waals surface area (Å²) in [6.45, 7) is 3.94. The van der Waals surface area contributed by atoms with Crippen LogP contribution in [-0.4, -0.2) is 17.1 Å². The van der Waals surface area contributed by atoms with E-state index in [0.29, 0.717) is 11.8 Å². The fourth-order valence-electron chi connectivity index (χ4n) is 1.69. The summed E-state index contributed by atoms with van der Waals surface area (Å²) < 4.78 is 5.32. The van der Waals surface area contributed by atoms with Gasteiger partial charge < -0.3 is 10.1 Å². The van der Waals surface area contributed by atoms with Crippen molar-refractivity contribution >= 4 is 17.5 Å². The Balaban J connectivity index is 2.37. The zero-order valence-electron chi connectivity index (χ0n) is 11.2. The minimum absolute atomic E-state index is 0.361. The number of nitrogens with one attached hydrogen (secondary N) is 2. The number of anilines is 3. The topological polar surface area (TPSA) is 85.1 Å². The Kier molecular flexibility index (Phi) is 3.82. The number of hydrazine groups is 1. The Hall–Kier alpha value is -2.34. The second-order valence-electron chi connectivity index (χ2n) is 4.20. The number of nitrogen functional groups attached to an aromatic ring is 1. The van der Waals surface area contributed by atoms with Crippen LogP contribution in [0.25, 0.3) is 0 Å². The van der Waals surface area contributed by atoms with Crippen molar-refractivity contribution in [2.45, 2.75) is 13.8 Å². The van der Waals surface area contributed by atoms with Crippen LogP contribution in [0.5, 0.6) is 5.75 Å². The van der Waals surface area contributed by atoms with Gasteiger partial charge in [0.15, 0.2) is 0 Å². The van der Waals surface area contributed by atoms with E-state index < -0.39 is 0 Å². The van der Waals surface area contributed by atoms with E-state index in [1.54, 1.807) is 13.3 Å². The van der Waals surface area contributed by atoms with E-state index in [2.05, 4.69) is 20.7 Å². The second-order valence-corrected chi connectivity index (χ2v) is 4.20. The monoisotopic (exact) mass is 259 g/mol. The van der Waals surface area contributed by atoms with Crippen LogP contribution in [0.15, 0.2) is 24.4 Å². The maximum atomic E-state index is 5.32. The number of nitrogens with zero attached hydrogens (tertiary/aromatic N) is 2. The molecular weight excluding hydrogens is 242 g/mol. The quantitative estimate of drug-likeness (QED) is 0.576. The molecule has 0 atom stereocenters. The normalized spacial score (nSPS) is 10.1. The molecule has 1 aromatic heterocycles. The Morgan fingerprint density at radius 2 is 2.05 bits per heavy atom. The summed E-state index contributed by atoms with van der Waals surface area (Å²) in [5.41, 5.74) is 5.33. The summed E-state index contributed by atoms with van der Waals surface area (Å²) in [4.78, 5) is 8.32. The molecule has 0 fully saturated rings. The predicted molar refractivity (Wildman–Crippen MR) is 75.6 cm³/mol. The largest absolute Gasteiger partial charge is 0.495 e. The molecule has 1 heterocycles. The van der Waals surface area contributed by atoms with Crippen LogP contribution in [0.1, 0.15) is 11.1 Å². The number of aromatic nitrogens is 2. The number of hydrogen-bond acceptors (Lipinski definition) is 6. The van der Waals surface area contributed by atoms with Gasteiger partial charge in [-0.1, -0.05) is 6.07 Å². The maximum absolute atomic E-state index is 5.32. The predicted octanol–water partition coefficient (Wildman–Crippen LogP) is 2.13. The molecule has 6 nitrogen and oxygen atoms in total. The summed E-state index contributed by atoms with van der Waals surface area (Å²) >= 11 is 0. The van der Waals surface area contributed by atoms with E-state index in [1.807, 2.05) is 32.0 Å². The molecule has 100 valence electrons. The number of nitrogens with two attached hydrogens (primary N) is 1. The highest BCUT2D eigenvalue weighted by Crippen LogP contribution is 2.29. The molecule has 0 unspecified atom stereocenters. The van der Waals surface area contributed by atoms with Crippen LogP contribution in [0.3, 0.4) is 0 Å². The average molecular weight is 259 g/mol. The van der Waals surface area contributed by atoms with Gasteiger partial charge in [0.05, 0.1) is 12.8 Å². The van der Waals surface area contributed by atoms with E-state index in [9.17, 15) is 0 Å². The second kappa shape index (κ2) is 5.53. The molecule has 0 spiro atoms. The first kappa shape index (κ1) is 13.1. The highest BCUT2D eigenvalue weighted by atomic mass is 16.5. The van der Waals surface area contributed by atoms with Crippen molar-refractivity contribution in [1.82, 2.24) is 9.97 Å². The van der Waals surface area contributed by atoms with Crippen LogP contribution < -0.4 is 21.3 Å². The summed E-state index contributed by atoms with van der Waals surface area (Å²) in [6, 6.07) is 5.90. The number of aryl methyl sites for hydroxylation is 2. The number of methoxy groups -OCH3 is 1. The van der Waals surface area contributed by atoms with Gasteiger partial charge in [-0.2, -0.15) is 4.98 Å². The summed E-state index contributed by atoms with van der Waals surface area (Å²) in [5, 5.41) is 3.24. The number of rotatable bonds is 4. The van der Waals surface area contributed by atoms with Gasteiger partial charge in [0, 0.05) is 11.8 Å². The van der Waals surface area contributed by atoms with E-state index in [4.69, 9.17) is 10.6 Å². The van der Waals surface area contributed by atoms with Crippen LogP contribution in [0, 0.1) is 13.8 Å². The molecule has 2 rings (SSSR count). The standard InChI is InChI=1S/C13H17N5O/c1-8-4-5-11(19-3)10(6-8)16-12-9(2)7-15-13(17-12)18-14/h4-7H,14H2,1-3H3,(H2,15,16,17,18). The third-order valence-corrected chi connectivity index (χ3v) is 2.71. The van der Waals surface area contributed by atoms with Gasteiger partial charge in [-0.25, -0.2) is 10.8 Å². The Bertz CT molecular complexity index is 585. The fraction of sp³-hybridized carbons (Fsp3) is 0.231. The van der Waals surface area contributed by atoms with Crippen LogP contribution in [0.4, 0.5) is 17.5 Å². The third kappa shape index (κ3) is 2.92. The van der Waals surface area contributed by atoms with Crippen molar-refractivity contribution in [1.29, 1.82) is 0 Å². The Labute approximate surface area is 112 Å². The lowest BCUT2D eigenvalue weighted by Gasteiger charge is -2.13. The lowest BCUT2D eigenvalue weighted by atomic mass is 10.2. The Morgan fingerprint density at radius 3 is 2.74 bits per heavy atom. The van der Waals surface area contributed by atoms with Gasteiger partial charge in [0.25, 0.3) is 0 Å². The molecular formula is C13H17N5O. The van der Waals surface area contributed by atoms with Gasteiger partial charge in [0.1, 0.15) is 11.6 Å². The van der Waals surface area contributed by atoms with Crippen molar-refractivity contribution < 1.29 is 4.74 Å². The zero-order chi connectivity index (χ0) is 13.8. The lowest BCUT2D eigenvalue weighted by Crippen LogP contribution is -2.11. The molecule has 0 amide bonds. The number of hydrogen-bond donors (Lipinski definition) is 3. The molecule has 0 saturated heterocycles. The van der Waals surface area contributed by atoms with Gasteiger partial charge in [-0.3, -0.25) is 5.43 Å². The van der Waals surface area contributed by atoms with Crippen molar-refractivity contribution in [2.24, 2.45) is 5.84 Å². The van der Waals surface area contributed by atoms with Crippen molar-refractivity contribution in [3.05, 3.63) is 35.5 Å². The first-order valence-electron chi connectivity index (χ1n) is 5.86.